The first kappa shape index (κ1) is 23.8. The predicted molar refractivity (Wildman–Crippen MR) is 107 cm³/mol. The summed E-state index contributed by atoms with van der Waals surface area (Å²) in [7, 11) is 2.88. The molecule has 0 saturated carbocycles. The Kier molecular flexibility index (Phi) is 7.73. The van der Waals surface area contributed by atoms with Crippen molar-refractivity contribution in [2.75, 3.05) is 19.5 Å². The first-order valence-corrected chi connectivity index (χ1v) is 9.23. The van der Waals surface area contributed by atoms with Crippen LogP contribution in [0.1, 0.15) is 24.2 Å². The maximum absolute atomic E-state index is 12.7. The molecule has 7 nitrogen and oxygen atoms in total. The number of alkyl halides is 3. The van der Waals surface area contributed by atoms with Crippen LogP contribution in [-0.4, -0.2) is 38.4 Å². The number of methoxy groups -OCH3 is 2. The Balaban J connectivity index is 2.16. The lowest BCUT2D eigenvalue weighted by Crippen LogP contribution is -2.47. The summed E-state index contributed by atoms with van der Waals surface area (Å²) < 4.78 is 51.4. The summed E-state index contributed by atoms with van der Waals surface area (Å²) in [6.45, 7) is 3.44. The number of hydrogen-bond acceptors (Lipinski definition) is 5. The molecule has 1 atom stereocenters. The van der Waals surface area contributed by atoms with Crippen molar-refractivity contribution in [1.82, 2.24) is 5.32 Å². The summed E-state index contributed by atoms with van der Waals surface area (Å²) in [6, 6.07) is 8.49. The van der Waals surface area contributed by atoms with E-state index >= 15 is 0 Å². The molecular formula is C21H23F3N2O5. The van der Waals surface area contributed by atoms with Crippen LogP contribution in [-0.2, 0) is 4.79 Å². The van der Waals surface area contributed by atoms with Crippen LogP contribution < -0.4 is 24.8 Å². The molecule has 2 rings (SSSR count). The van der Waals surface area contributed by atoms with Gasteiger partial charge in [0.15, 0.2) is 0 Å². The molecule has 0 saturated heterocycles. The van der Waals surface area contributed by atoms with Crippen LogP contribution in [0, 0.1) is 5.92 Å². The second-order valence-electron chi connectivity index (χ2n) is 6.86. The highest BCUT2D eigenvalue weighted by Crippen LogP contribution is 2.26. The summed E-state index contributed by atoms with van der Waals surface area (Å²) in [6.07, 6.45) is -4.85. The van der Waals surface area contributed by atoms with Crippen LogP contribution in [0.25, 0.3) is 0 Å². The molecule has 2 amide bonds. The molecule has 0 heterocycles. The highest BCUT2D eigenvalue weighted by molar-refractivity contribution is 6.01. The van der Waals surface area contributed by atoms with Crippen LogP contribution in [0.4, 0.5) is 18.9 Å². The second kappa shape index (κ2) is 10.1. The fourth-order valence-electron chi connectivity index (χ4n) is 2.69. The summed E-state index contributed by atoms with van der Waals surface area (Å²) in [4.78, 5) is 25.4. The van der Waals surface area contributed by atoms with Crippen LogP contribution >= 0.6 is 0 Å². The number of rotatable bonds is 8. The van der Waals surface area contributed by atoms with Crippen molar-refractivity contribution in [3.05, 3.63) is 48.0 Å². The van der Waals surface area contributed by atoms with Gasteiger partial charge >= 0.3 is 6.36 Å². The summed E-state index contributed by atoms with van der Waals surface area (Å²) in [5.74, 6) is -1.12. The third-order valence-corrected chi connectivity index (χ3v) is 4.18. The van der Waals surface area contributed by atoms with E-state index in [1.165, 1.54) is 38.5 Å². The van der Waals surface area contributed by atoms with Gasteiger partial charge in [-0.3, -0.25) is 9.59 Å². The van der Waals surface area contributed by atoms with E-state index in [9.17, 15) is 22.8 Å². The number of halogens is 3. The molecule has 168 valence electrons. The number of carbonyl (C=O) groups is 2. The van der Waals surface area contributed by atoms with Gasteiger partial charge in [0, 0.05) is 23.4 Å². The van der Waals surface area contributed by atoms with Crippen molar-refractivity contribution in [3.63, 3.8) is 0 Å². The Morgan fingerprint density at radius 3 is 2.06 bits per heavy atom. The highest BCUT2D eigenvalue weighted by Gasteiger charge is 2.31. The maximum Gasteiger partial charge on any atom is 0.573 e. The molecule has 0 aliphatic rings. The van der Waals surface area contributed by atoms with E-state index in [1.54, 1.807) is 19.9 Å². The number of anilines is 1. The Morgan fingerprint density at radius 1 is 0.935 bits per heavy atom. The minimum atomic E-state index is -4.85. The van der Waals surface area contributed by atoms with E-state index in [2.05, 4.69) is 15.4 Å². The van der Waals surface area contributed by atoms with E-state index < -0.39 is 30.0 Å². The topological polar surface area (TPSA) is 85.9 Å². The zero-order valence-electron chi connectivity index (χ0n) is 17.4. The van der Waals surface area contributed by atoms with Gasteiger partial charge in [0.1, 0.15) is 23.3 Å². The van der Waals surface area contributed by atoms with Crippen molar-refractivity contribution in [2.24, 2.45) is 5.92 Å². The van der Waals surface area contributed by atoms with Gasteiger partial charge in [-0.1, -0.05) is 19.9 Å². The first-order valence-electron chi connectivity index (χ1n) is 9.23. The largest absolute Gasteiger partial charge is 0.573 e. The van der Waals surface area contributed by atoms with Crippen LogP contribution in [0.15, 0.2) is 42.5 Å². The van der Waals surface area contributed by atoms with Crippen molar-refractivity contribution in [1.29, 1.82) is 0 Å². The molecule has 1 unspecified atom stereocenters. The maximum atomic E-state index is 12.7. The molecule has 10 heteroatoms. The molecule has 2 aromatic carbocycles. The zero-order valence-corrected chi connectivity index (χ0v) is 17.4. The second-order valence-corrected chi connectivity index (χ2v) is 6.86. The van der Waals surface area contributed by atoms with Crippen molar-refractivity contribution in [2.45, 2.75) is 26.3 Å². The van der Waals surface area contributed by atoms with E-state index in [-0.39, 0.29) is 17.2 Å². The Morgan fingerprint density at radius 2 is 1.55 bits per heavy atom. The number of hydrogen-bond donors (Lipinski definition) is 2. The lowest BCUT2D eigenvalue weighted by atomic mass is 10.0. The SMILES string of the molecule is COc1cc(OC)cc(C(=O)NC(C(=O)Nc2cccc(OC(F)(F)F)c2)C(C)C)c1. The van der Waals surface area contributed by atoms with Crippen molar-refractivity contribution in [3.8, 4) is 17.2 Å². The number of carbonyl (C=O) groups excluding carboxylic acids is 2. The molecule has 0 radical (unpaired) electrons. The Hall–Kier alpha value is -3.43. The van der Waals surface area contributed by atoms with E-state index in [4.69, 9.17) is 9.47 Å². The monoisotopic (exact) mass is 440 g/mol. The van der Waals surface area contributed by atoms with Crippen molar-refractivity contribution < 1.29 is 37.0 Å². The number of ether oxygens (including phenoxy) is 3. The van der Waals surface area contributed by atoms with Gasteiger partial charge in [0.05, 0.1) is 14.2 Å². The van der Waals surface area contributed by atoms with Gasteiger partial charge in [-0.2, -0.15) is 0 Å². The van der Waals surface area contributed by atoms with Gasteiger partial charge < -0.3 is 24.8 Å². The Labute approximate surface area is 177 Å². The fourth-order valence-corrected chi connectivity index (χ4v) is 2.69. The molecule has 0 spiro atoms. The first-order chi connectivity index (χ1) is 14.5. The number of amides is 2. The van der Waals surface area contributed by atoms with Crippen LogP contribution in [0.3, 0.4) is 0 Å². The van der Waals surface area contributed by atoms with E-state index in [0.29, 0.717) is 11.5 Å². The average Bonchev–Trinajstić information content (AvgIpc) is 2.69. The third-order valence-electron chi connectivity index (χ3n) is 4.18. The van der Waals surface area contributed by atoms with Gasteiger partial charge in [0.25, 0.3) is 5.91 Å². The van der Waals surface area contributed by atoms with E-state index in [0.717, 1.165) is 12.1 Å². The minimum Gasteiger partial charge on any atom is -0.497 e. The third kappa shape index (κ3) is 7.09. The molecule has 0 fully saturated rings. The molecule has 31 heavy (non-hydrogen) atoms. The summed E-state index contributed by atoms with van der Waals surface area (Å²) in [5.41, 5.74) is 0.310. The standard InChI is InChI=1S/C21H23F3N2O5/c1-12(2)18(26-19(27)13-8-16(29-3)11-17(9-13)30-4)20(28)25-14-6-5-7-15(10-14)31-21(22,23)24/h5-12,18H,1-4H3,(H,25,28)(H,26,27). The molecule has 0 aliphatic carbocycles. The molecule has 2 aromatic rings. The number of nitrogens with one attached hydrogen (secondary N) is 2. The van der Waals surface area contributed by atoms with Crippen LogP contribution in [0.2, 0.25) is 0 Å². The fraction of sp³-hybridized carbons (Fsp3) is 0.333. The lowest BCUT2D eigenvalue weighted by Gasteiger charge is -2.22. The summed E-state index contributed by atoms with van der Waals surface area (Å²) in [5, 5.41) is 5.14. The van der Waals surface area contributed by atoms with Gasteiger partial charge in [-0.05, 0) is 30.2 Å². The van der Waals surface area contributed by atoms with Crippen molar-refractivity contribution >= 4 is 17.5 Å². The van der Waals surface area contributed by atoms with Gasteiger partial charge in [-0.15, -0.1) is 13.2 Å². The molecule has 0 aliphatic heterocycles. The highest BCUT2D eigenvalue weighted by atomic mass is 19.4. The molecule has 0 aromatic heterocycles. The van der Waals surface area contributed by atoms with E-state index in [1.807, 2.05) is 0 Å². The Bertz CT molecular complexity index is 909. The average molecular weight is 440 g/mol. The van der Waals surface area contributed by atoms with Crippen LogP contribution in [0.5, 0.6) is 17.2 Å². The lowest BCUT2D eigenvalue weighted by molar-refractivity contribution is -0.274. The quantitative estimate of drug-likeness (QED) is 0.648. The van der Waals surface area contributed by atoms with Gasteiger partial charge in [-0.25, -0.2) is 0 Å². The molecule has 2 N–H and O–H groups in total. The summed E-state index contributed by atoms with van der Waals surface area (Å²) >= 11 is 0. The zero-order chi connectivity index (χ0) is 23.2. The predicted octanol–water partition coefficient (Wildman–Crippen LogP) is 4.00. The molecular weight excluding hydrogens is 417 g/mol. The normalized spacial score (nSPS) is 12.1. The van der Waals surface area contributed by atoms with Gasteiger partial charge in [0.2, 0.25) is 5.91 Å². The number of benzene rings is 2. The molecule has 0 bridgehead atoms. The smallest absolute Gasteiger partial charge is 0.497 e. The minimum absolute atomic E-state index is 0.0923.